The van der Waals surface area contributed by atoms with Crippen molar-refractivity contribution >= 4 is 57.2 Å². The smallest absolute Gasteiger partial charge is 0.405 e. The van der Waals surface area contributed by atoms with Crippen LogP contribution in [0.4, 0.5) is 18.0 Å². The predicted molar refractivity (Wildman–Crippen MR) is 185 cm³/mol. The van der Waals surface area contributed by atoms with Crippen LogP contribution in [0, 0.1) is 12.8 Å². The normalized spacial score (nSPS) is 16.4. The molecule has 1 saturated heterocycles. The number of fused-ring (bicyclic) bond motifs is 4. The largest absolute Gasteiger partial charge is 0.497 e. The minimum absolute atomic E-state index is 0.0265. The SMILES string of the molecule is CC[C@@H]1CN(C(=O)NCC(F)(F)F)C[C@@H]1c1cnc2cnc3c(ccn3C(=O)Cc3c(C)n(C(=O)c4ccc(Cl)cc4)c4ccc(OC)cc34)n12. The van der Waals surface area contributed by atoms with Crippen LogP contribution in [0.25, 0.3) is 27.7 Å². The number of methoxy groups -OCH3 is 1. The second-order valence-electron chi connectivity index (χ2n) is 12.6. The zero-order valence-corrected chi connectivity index (χ0v) is 28.6. The molecule has 0 aliphatic carbocycles. The van der Waals surface area contributed by atoms with Crippen molar-refractivity contribution in [2.75, 3.05) is 26.7 Å². The average molecular weight is 720 g/mol. The Bertz CT molecular complexity index is 2330. The summed E-state index contributed by atoms with van der Waals surface area (Å²) in [5.74, 6) is -0.226. The van der Waals surface area contributed by atoms with E-state index >= 15 is 0 Å². The van der Waals surface area contributed by atoms with E-state index in [1.54, 1.807) is 79.7 Å². The van der Waals surface area contributed by atoms with E-state index < -0.39 is 18.8 Å². The van der Waals surface area contributed by atoms with Crippen molar-refractivity contribution < 1.29 is 32.3 Å². The lowest BCUT2D eigenvalue weighted by molar-refractivity contribution is -0.123. The van der Waals surface area contributed by atoms with E-state index in [1.807, 2.05) is 22.7 Å². The van der Waals surface area contributed by atoms with E-state index in [9.17, 15) is 27.6 Å². The quantitative estimate of drug-likeness (QED) is 0.193. The highest BCUT2D eigenvalue weighted by molar-refractivity contribution is 6.30. The molecule has 15 heteroatoms. The van der Waals surface area contributed by atoms with Crippen LogP contribution in [-0.2, 0) is 6.42 Å². The standard InChI is InChI=1S/C36H33ClF3N7O4/c1-4-21-17-44(35(50)43-19-36(38,39)40)18-27(21)30-15-41-31-16-42-33-29(47(30)31)11-12-45(33)32(48)14-25-20(2)46(28-10-9-24(51-3)13-26(25)28)34(49)22-5-7-23(37)8-6-22/h5-13,15-16,21,27H,4,14,17-19H2,1-3H3,(H,43,50)/t21-,27+/m1/s1. The van der Waals surface area contributed by atoms with Crippen molar-refractivity contribution in [1.29, 1.82) is 0 Å². The van der Waals surface area contributed by atoms with Crippen molar-refractivity contribution in [1.82, 2.24) is 33.7 Å². The maximum atomic E-state index is 14.1. The van der Waals surface area contributed by atoms with E-state index in [-0.39, 0.29) is 36.6 Å². The third kappa shape index (κ3) is 6.17. The molecule has 4 aromatic heterocycles. The number of alkyl halides is 3. The molecule has 11 nitrogen and oxygen atoms in total. The van der Waals surface area contributed by atoms with E-state index in [0.29, 0.717) is 68.3 Å². The van der Waals surface area contributed by atoms with E-state index in [1.165, 1.54) is 9.47 Å². The van der Waals surface area contributed by atoms with Gasteiger partial charge in [-0.1, -0.05) is 24.9 Å². The molecular weight excluding hydrogens is 687 g/mol. The van der Waals surface area contributed by atoms with Crippen molar-refractivity contribution in [3.05, 3.63) is 94.7 Å². The van der Waals surface area contributed by atoms with Gasteiger partial charge in [-0.2, -0.15) is 13.2 Å². The van der Waals surface area contributed by atoms with Gasteiger partial charge in [-0.05, 0) is 66.9 Å². The highest BCUT2D eigenvalue weighted by Gasteiger charge is 2.38. The predicted octanol–water partition coefficient (Wildman–Crippen LogP) is 6.88. The molecule has 5 heterocycles. The number of carbonyl (C=O) groups is 3. The topological polar surface area (TPSA) is 116 Å². The van der Waals surface area contributed by atoms with Gasteiger partial charge in [-0.15, -0.1) is 0 Å². The fourth-order valence-corrected chi connectivity index (χ4v) is 7.26. The Labute approximate surface area is 294 Å². The highest BCUT2D eigenvalue weighted by atomic mass is 35.5. The minimum atomic E-state index is -4.51. The summed E-state index contributed by atoms with van der Waals surface area (Å²) in [4.78, 5) is 51.1. The van der Waals surface area contributed by atoms with Crippen LogP contribution < -0.4 is 10.1 Å². The van der Waals surface area contributed by atoms with Crippen LogP contribution in [0.1, 0.15) is 51.4 Å². The lowest BCUT2D eigenvalue weighted by Gasteiger charge is -2.18. The third-order valence-corrected chi connectivity index (χ3v) is 9.96. The molecule has 7 rings (SSSR count). The Kier molecular flexibility index (Phi) is 8.74. The molecule has 6 aromatic rings. The fraction of sp³-hybridized carbons (Fsp3) is 0.306. The second kappa shape index (κ2) is 13.1. The summed E-state index contributed by atoms with van der Waals surface area (Å²) in [7, 11) is 1.55. The molecule has 1 aliphatic rings. The van der Waals surface area contributed by atoms with Crippen LogP contribution in [-0.4, -0.2) is 79.2 Å². The molecule has 1 aliphatic heterocycles. The van der Waals surface area contributed by atoms with Crippen LogP contribution in [0.5, 0.6) is 5.75 Å². The van der Waals surface area contributed by atoms with Crippen LogP contribution in [0.3, 0.4) is 0 Å². The number of carbonyl (C=O) groups excluding carboxylic acids is 3. The molecule has 0 bridgehead atoms. The molecule has 1 N–H and O–H groups in total. The number of nitrogens with one attached hydrogen (secondary N) is 1. The maximum Gasteiger partial charge on any atom is 0.405 e. The number of rotatable bonds is 7. The molecule has 2 amide bonds. The number of amides is 2. The zero-order chi connectivity index (χ0) is 36.2. The Balaban J connectivity index is 1.23. The van der Waals surface area contributed by atoms with Crippen LogP contribution in [0.15, 0.2) is 67.1 Å². The molecule has 0 saturated carbocycles. The molecule has 2 atom stereocenters. The number of nitrogens with zero attached hydrogens (tertiary/aromatic N) is 6. The molecule has 0 spiro atoms. The second-order valence-corrected chi connectivity index (χ2v) is 13.1. The molecule has 1 fully saturated rings. The molecule has 51 heavy (non-hydrogen) atoms. The summed E-state index contributed by atoms with van der Waals surface area (Å²) in [6.07, 6.45) is 1.02. The van der Waals surface area contributed by atoms with Gasteiger partial charge in [0.25, 0.3) is 5.91 Å². The summed E-state index contributed by atoms with van der Waals surface area (Å²) in [5, 5.41) is 3.18. The minimum Gasteiger partial charge on any atom is -0.497 e. The fourth-order valence-electron chi connectivity index (χ4n) is 7.14. The molecule has 264 valence electrons. The Morgan fingerprint density at radius 2 is 1.78 bits per heavy atom. The molecule has 0 unspecified atom stereocenters. The Hall–Kier alpha value is -5.37. The van der Waals surface area contributed by atoms with Crippen molar-refractivity contribution in [2.45, 2.75) is 38.8 Å². The lowest BCUT2D eigenvalue weighted by atomic mass is 9.91. The summed E-state index contributed by atoms with van der Waals surface area (Å²) < 4.78 is 48.8. The van der Waals surface area contributed by atoms with Crippen molar-refractivity contribution in [2.24, 2.45) is 5.92 Å². The first-order chi connectivity index (χ1) is 24.4. The number of benzene rings is 2. The Morgan fingerprint density at radius 1 is 1.02 bits per heavy atom. The number of urea groups is 1. The number of halogens is 4. The molecule has 2 aromatic carbocycles. The van der Waals surface area contributed by atoms with Gasteiger partial charge in [0, 0.05) is 58.8 Å². The number of ether oxygens (including phenoxy) is 1. The lowest BCUT2D eigenvalue weighted by Crippen LogP contribution is -2.42. The van der Waals surface area contributed by atoms with Gasteiger partial charge in [0.05, 0.1) is 30.8 Å². The molecular formula is C36H33ClF3N7O4. The zero-order valence-electron chi connectivity index (χ0n) is 27.9. The van der Waals surface area contributed by atoms with Gasteiger partial charge >= 0.3 is 12.2 Å². The summed E-state index contributed by atoms with van der Waals surface area (Å²) in [6.45, 7) is 2.88. The summed E-state index contributed by atoms with van der Waals surface area (Å²) >= 11 is 6.06. The Morgan fingerprint density at radius 3 is 2.49 bits per heavy atom. The number of hydrogen-bond acceptors (Lipinski definition) is 6. The first kappa shape index (κ1) is 34.1. The number of likely N-dealkylation sites (tertiary alicyclic amines) is 1. The number of imidazole rings is 1. The van der Waals surface area contributed by atoms with E-state index in [2.05, 4.69) is 9.97 Å². The van der Waals surface area contributed by atoms with E-state index in [0.717, 1.165) is 5.69 Å². The van der Waals surface area contributed by atoms with Gasteiger partial charge in [-0.3, -0.25) is 23.1 Å². The van der Waals surface area contributed by atoms with Gasteiger partial charge in [0.2, 0.25) is 5.91 Å². The number of hydrogen-bond donors (Lipinski definition) is 1. The monoisotopic (exact) mass is 719 g/mol. The average Bonchev–Trinajstić information content (AvgIpc) is 3.89. The van der Waals surface area contributed by atoms with Gasteiger partial charge < -0.3 is 15.0 Å². The first-order valence-corrected chi connectivity index (χ1v) is 16.7. The van der Waals surface area contributed by atoms with Crippen LogP contribution >= 0.6 is 11.6 Å². The third-order valence-electron chi connectivity index (χ3n) is 9.70. The van der Waals surface area contributed by atoms with Crippen molar-refractivity contribution in [3.8, 4) is 5.75 Å². The maximum absolute atomic E-state index is 14.1. The van der Waals surface area contributed by atoms with Gasteiger partial charge in [0.1, 0.15) is 12.3 Å². The highest BCUT2D eigenvalue weighted by Crippen LogP contribution is 2.37. The summed E-state index contributed by atoms with van der Waals surface area (Å²) in [5.41, 5.74) is 4.62. The van der Waals surface area contributed by atoms with Gasteiger partial charge in [0.15, 0.2) is 11.3 Å². The first-order valence-electron chi connectivity index (χ1n) is 16.3. The van der Waals surface area contributed by atoms with Crippen molar-refractivity contribution in [3.63, 3.8) is 0 Å². The summed E-state index contributed by atoms with van der Waals surface area (Å²) in [6, 6.07) is 13.0. The van der Waals surface area contributed by atoms with E-state index in [4.69, 9.17) is 16.3 Å². The number of aromatic nitrogens is 5. The molecule has 0 radical (unpaired) electrons. The van der Waals surface area contributed by atoms with Crippen LogP contribution in [0.2, 0.25) is 5.02 Å². The van der Waals surface area contributed by atoms with Gasteiger partial charge in [-0.25, -0.2) is 14.8 Å².